The number of amides is 1. The predicted molar refractivity (Wildman–Crippen MR) is 66.5 cm³/mol. The van der Waals surface area contributed by atoms with Gasteiger partial charge < -0.3 is 5.32 Å². The third kappa shape index (κ3) is 4.95. The number of nitrogens with zero attached hydrogens (tertiary/aromatic N) is 4. The van der Waals surface area contributed by atoms with Gasteiger partial charge in [-0.1, -0.05) is 26.2 Å². The molecule has 1 unspecified atom stereocenters. The SMILES string of the molecule is CCCCCC(C)NC(=O)Cn1cnc(C#N)n1. The summed E-state index contributed by atoms with van der Waals surface area (Å²) in [6.07, 6.45) is 5.87. The van der Waals surface area contributed by atoms with Gasteiger partial charge in [0, 0.05) is 6.04 Å². The molecule has 0 radical (unpaired) electrons. The van der Waals surface area contributed by atoms with Crippen LogP contribution in [0.3, 0.4) is 0 Å². The van der Waals surface area contributed by atoms with E-state index in [2.05, 4.69) is 22.3 Å². The molecule has 0 aliphatic carbocycles. The van der Waals surface area contributed by atoms with Gasteiger partial charge in [0.25, 0.3) is 5.82 Å². The molecule has 0 spiro atoms. The first-order chi connectivity index (χ1) is 8.65. The van der Waals surface area contributed by atoms with Gasteiger partial charge in [-0.2, -0.15) is 5.26 Å². The molecule has 6 heteroatoms. The number of hydrogen-bond acceptors (Lipinski definition) is 4. The second-order valence-electron chi connectivity index (χ2n) is 4.34. The summed E-state index contributed by atoms with van der Waals surface area (Å²) in [7, 11) is 0. The van der Waals surface area contributed by atoms with E-state index >= 15 is 0 Å². The molecule has 6 nitrogen and oxygen atoms in total. The average molecular weight is 249 g/mol. The van der Waals surface area contributed by atoms with Crippen LogP contribution < -0.4 is 5.32 Å². The highest BCUT2D eigenvalue weighted by Crippen LogP contribution is 2.02. The molecule has 0 bridgehead atoms. The van der Waals surface area contributed by atoms with E-state index in [4.69, 9.17) is 5.26 Å². The largest absolute Gasteiger partial charge is 0.352 e. The van der Waals surface area contributed by atoms with Crippen molar-refractivity contribution in [2.75, 3.05) is 0 Å². The zero-order chi connectivity index (χ0) is 13.4. The van der Waals surface area contributed by atoms with Crippen molar-refractivity contribution >= 4 is 5.91 Å². The first-order valence-electron chi connectivity index (χ1n) is 6.24. The normalized spacial score (nSPS) is 11.8. The van der Waals surface area contributed by atoms with E-state index in [0.29, 0.717) is 0 Å². The molecule has 0 aliphatic rings. The van der Waals surface area contributed by atoms with Gasteiger partial charge in [0.05, 0.1) is 0 Å². The number of rotatable bonds is 7. The molecule has 0 aromatic carbocycles. The molecule has 1 N–H and O–H groups in total. The van der Waals surface area contributed by atoms with Gasteiger partial charge in [0.15, 0.2) is 0 Å². The quantitative estimate of drug-likeness (QED) is 0.737. The van der Waals surface area contributed by atoms with Crippen LogP contribution in [0.1, 0.15) is 45.4 Å². The highest BCUT2D eigenvalue weighted by atomic mass is 16.2. The van der Waals surface area contributed by atoms with Crippen LogP contribution in [0.2, 0.25) is 0 Å². The average Bonchev–Trinajstić information content (AvgIpc) is 2.76. The van der Waals surface area contributed by atoms with E-state index in [1.807, 2.05) is 13.0 Å². The summed E-state index contributed by atoms with van der Waals surface area (Å²) in [6, 6.07) is 1.99. The maximum atomic E-state index is 11.7. The van der Waals surface area contributed by atoms with Crippen molar-refractivity contribution in [1.82, 2.24) is 20.1 Å². The molecule has 18 heavy (non-hydrogen) atoms. The van der Waals surface area contributed by atoms with Gasteiger partial charge in [-0.15, -0.1) is 5.10 Å². The van der Waals surface area contributed by atoms with Crippen LogP contribution in [0, 0.1) is 11.3 Å². The van der Waals surface area contributed by atoms with Crippen molar-refractivity contribution in [2.45, 2.75) is 52.1 Å². The molecule has 0 saturated heterocycles. The Labute approximate surface area is 107 Å². The third-order valence-corrected chi connectivity index (χ3v) is 2.59. The molecule has 0 saturated carbocycles. The molecule has 0 fully saturated rings. The molecule has 1 heterocycles. The Hall–Kier alpha value is -1.90. The third-order valence-electron chi connectivity index (χ3n) is 2.59. The van der Waals surface area contributed by atoms with Crippen molar-refractivity contribution in [3.8, 4) is 6.07 Å². The van der Waals surface area contributed by atoms with E-state index in [9.17, 15) is 4.79 Å². The number of hydrogen-bond donors (Lipinski definition) is 1. The second kappa shape index (κ2) is 7.43. The second-order valence-corrected chi connectivity index (χ2v) is 4.34. The Balaban J connectivity index is 2.30. The number of nitriles is 1. The molecule has 1 aromatic heterocycles. The summed E-state index contributed by atoms with van der Waals surface area (Å²) in [5.41, 5.74) is 0. The van der Waals surface area contributed by atoms with Crippen LogP contribution >= 0.6 is 0 Å². The number of unbranched alkanes of at least 4 members (excludes halogenated alkanes) is 2. The van der Waals surface area contributed by atoms with Crippen LogP contribution in [0.5, 0.6) is 0 Å². The molecule has 1 amide bonds. The van der Waals surface area contributed by atoms with E-state index in [0.717, 1.165) is 12.8 Å². The smallest absolute Gasteiger partial charge is 0.252 e. The van der Waals surface area contributed by atoms with E-state index in [1.54, 1.807) is 0 Å². The van der Waals surface area contributed by atoms with Gasteiger partial charge in [0.1, 0.15) is 18.9 Å². The highest BCUT2D eigenvalue weighted by Gasteiger charge is 2.09. The Morgan fingerprint density at radius 2 is 2.39 bits per heavy atom. The minimum atomic E-state index is -0.103. The lowest BCUT2D eigenvalue weighted by Gasteiger charge is -2.13. The summed E-state index contributed by atoms with van der Waals surface area (Å²) in [6.45, 7) is 4.25. The lowest BCUT2D eigenvalue weighted by Crippen LogP contribution is -2.35. The molecular weight excluding hydrogens is 230 g/mol. The fourth-order valence-electron chi connectivity index (χ4n) is 1.66. The van der Waals surface area contributed by atoms with Crippen LogP contribution in [0.15, 0.2) is 6.33 Å². The minimum Gasteiger partial charge on any atom is -0.352 e. The Kier molecular flexibility index (Phi) is 5.85. The van der Waals surface area contributed by atoms with Gasteiger partial charge in [-0.05, 0) is 13.3 Å². The number of carbonyl (C=O) groups is 1. The Bertz CT molecular complexity index is 420. The fraction of sp³-hybridized carbons (Fsp3) is 0.667. The Morgan fingerprint density at radius 3 is 3.00 bits per heavy atom. The monoisotopic (exact) mass is 249 g/mol. The fourth-order valence-corrected chi connectivity index (χ4v) is 1.66. The predicted octanol–water partition coefficient (Wildman–Crippen LogP) is 1.23. The van der Waals surface area contributed by atoms with Crippen molar-refractivity contribution in [2.24, 2.45) is 0 Å². The van der Waals surface area contributed by atoms with Crippen molar-refractivity contribution in [1.29, 1.82) is 5.26 Å². The summed E-state index contributed by atoms with van der Waals surface area (Å²) >= 11 is 0. The van der Waals surface area contributed by atoms with Crippen LogP contribution in [0.25, 0.3) is 0 Å². The molecule has 1 rings (SSSR count). The lowest BCUT2D eigenvalue weighted by atomic mass is 10.1. The summed E-state index contributed by atoms with van der Waals surface area (Å²) in [5, 5.41) is 15.3. The molecular formula is C12H19N5O. The summed E-state index contributed by atoms with van der Waals surface area (Å²) in [5.74, 6) is -0.0211. The summed E-state index contributed by atoms with van der Waals surface area (Å²) in [4.78, 5) is 15.4. The van der Waals surface area contributed by atoms with Crippen LogP contribution in [0.4, 0.5) is 0 Å². The van der Waals surface area contributed by atoms with E-state index in [1.165, 1.54) is 23.9 Å². The van der Waals surface area contributed by atoms with Gasteiger partial charge in [-0.3, -0.25) is 4.79 Å². The van der Waals surface area contributed by atoms with Crippen molar-refractivity contribution in [3.05, 3.63) is 12.2 Å². The topological polar surface area (TPSA) is 83.6 Å². The molecule has 0 aliphatic heterocycles. The van der Waals surface area contributed by atoms with Crippen LogP contribution in [-0.2, 0) is 11.3 Å². The zero-order valence-corrected chi connectivity index (χ0v) is 10.9. The maximum absolute atomic E-state index is 11.7. The standard InChI is InChI=1S/C12H19N5O/c1-3-4-5-6-10(2)15-12(18)8-17-9-14-11(7-13)16-17/h9-10H,3-6,8H2,1-2H3,(H,15,18). The number of carbonyl (C=O) groups excluding carboxylic acids is 1. The minimum absolute atomic E-state index is 0.0822. The first-order valence-corrected chi connectivity index (χ1v) is 6.24. The molecule has 1 aromatic rings. The van der Waals surface area contributed by atoms with Crippen LogP contribution in [-0.4, -0.2) is 26.7 Å². The summed E-state index contributed by atoms with van der Waals surface area (Å²) < 4.78 is 1.37. The van der Waals surface area contributed by atoms with Crippen molar-refractivity contribution in [3.63, 3.8) is 0 Å². The Morgan fingerprint density at radius 1 is 1.61 bits per heavy atom. The van der Waals surface area contributed by atoms with Gasteiger partial charge >= 0.3 is 0 Å². The maximum Gasteiger partial charge on any atom is 0.252 e. The highest BCUT2D eigenvalue weighted by molar-refractivity contribution is 5.75. The number of nitrogens with one attached hydrogen (secondary N) is 1. The molecule has 98 valence electrons. The van der Waals surface area contributed by atoms with E-state index < -0.39 is 0 Å². The number of aromatic nitrogens is 3. The van der Waals surface area contributed by atoms with Gasteiger partial charge in [-0.25, -0.2) is 9.67 Å². The van der Waals surface area contributed by atoms with Crippen molar-refractivity contribution < 1.29 is 4.79 Å². The first kappa shape index (κ1) is 14.2. The zero-order valence-electron chi connectivity index (χ0n) is 10.9. The molecule has 1 atom stereocenters. The van der Waals surface area contributed by atoms with Gasteiger partial charge in [0.2, 0.25) is 5.91 Å². The lowest BCUT2D eigenvalue weighted by molar-refractivity contribution is -0.122. The van der Waals surface area contributed by atoms with E-state index in [-0.39, 0.29) is 24.3 Å².